The van der Waals surface area contributed by atoms with Crippen molar-refractivity contribution in [2.75, 3.05) is 10.6 Å². The van der Waals surface area contributed by atoms with Gasteiger partial charge in [-0.2, -0.15) is 0 Å². The first-order chi connectivity index (χ1) is 13.0. The van der Waals surface area contributed by atoms with Crippen molar-refractivity contribution >= 4 is 28.7 Å². The summed E-state index contributed by atoms with van der Waals surface area (Å²) in [6.07, 6.45) is 1.95. The largest absolute Gasteiger partial charge is 0.353 e. The molecule has 0 radical (unpaired) electrons. The van der Waals surface area contributed by atoms with E-state index in [-0.39, 0.29) is 17.3 Å². The molecule has 3 aromatic rings. The van der Waals surface area contributed by atoms with Gasteiger partial charge in [-0.3, -0.25) is 10.1 Å². The van der Waals surface area contributed by atoms with Gasteiger partial charge in [0.1, 0.15) is 18.0 Å². The van der Waals surface area contributed by atoms with E-state index in [9.17, 15) is 18.9 Å². The SMILES string of the molecule is CCc1ccc(Nc2ncnc(Nc3cc(F)ccc3F)c2[N+](=O)[O-])cc1. The number of rotatable bonds is 6. The van der Waals surface area contributed by atoms with E-state index in [2.05, 4.69) is 20.6 Å². The number of nitrogens with zero attached hydrogens (tertiary/aromatic N) is 3. The number of halogens is 2. The van der Waals surface area contributed by atoms with Crippen LogP contribution in [0.5, 0.6) is 0 Å². The molecule has 0 aliphatic heterocycles. The molecular weight excluding hydrogens is 356 g/mol. The van der Waals surface area contributed by atoms with Gasteiger partial charge in [0.2, 0.25) is 11.6 Å². The Morgan fingerprint density at radius 3 is 2.33 bits per heavy atom. The first-order valence-electron chi connectivity index (χ1n) is 8.05. The predicted molar refractivity (Wildman–Crippen MR) is 97.4 cm³/mol. The highest BCUT2D eigenvalue weighted by molar-refractivity contribution is 5.76. The molecule has 0 fully saturated rings. The van der Waals surface area contributed by atoms with Crippen LogP contribution in [0, 0.1) is 21.7 Å². The highest BCUT2D eigenvalue weighted by Crippen LogP contribution is 2.33. The molecule has 1 aromatic heterocycles. The Hall–Kier alpha value is -3.62. The average molecular weight is 371 g/mol. The summed E-state index contributed by atoms with van der Waals surface area (Å²) >= 11 is 0. The van der Waals surface area contributed by atoms with Crippen molar-refractivity contribution in [2.45, 2.75) is 13.3 Å². The minimum atomic E-state index is -0.769. The molecule has 0 aliphatic rings. The summed E-state index contributed by atoms with van der Waals surface area (Å²) in [7, 11) is 0. The van der Waals surface area contributed by atoms with Crippen LogP contribution in [0.15, 0.2) is 48.8 Å². The second-order valence-electron chi connectivity index (χ2n) is 5.60. The number of aryl methyl sites for hydroxylation is 1. The van der Waals surface area contributed by atoms with Crippen LogP contribution in [-0.4, -0.2) is 14.9 Å². The van der Waals surface area contributed by atoms with Gasteiger partial charge in [-0.1, -0.05) is 19.1 Å². The van der Waals surface area contributed by atoms with Gasteiger partial charge in [-0.15, -0.1) is 0 Å². The predicted octanol–water partition coefficient (Wildman–Crippen LogP) is 4.71. The van der Waals surface area contributed by atoms with Gasteiger partial charge in [0.25, 0.3) is 0 Å². The van der Waals surface area contributed by atoms with E-state index >= 15 is 0 Å². The summed E-state index contributed by atoms with van der Waals surface area (Å²) in [6.45, 7) is 2.02. The molecule has 0 bridgehead atoms. The Labute approximate surface area is 153 Å². The van der Waals surface area contributed by atoms with Crippen molar-refractivity contribution in [3.05, 3.63) is 76.1 Å². The van der Waals surface area contributed by atoms with Crippen molar-refractivity contribution < 1.29 is 13.7 Å². The fraction of sp³-hybridized carbons (Fsp3) is 0.111. The van der Waals surface area contributed by atoms with Crippen LogP contribution in [0.25, 0.3) is 0 Å². The molecule has 0 amide bonds. The summed E-state index contributed by atoms with van der Waals surface area (Å²) in [5.74, 6) is -1.79. The monoisotopic (exact) mass is 371 g/mol. The molecule has 2 aromatic carbocycles. The fourth-order valence-electron chi connectivity index (χ4n) is 2.42. The van der Waals surface area contributed by atoms with Crippen LogP contribution in [0.1, 0.15) is 12.5 Å². The zero-order chi connectivity index (χ0) is 19.4. The fourth-order valence-corrected chi connectivity index (χ4v) is 2.42. The van der Waals surface area contributed by atoms with Gasteiger partial charge in [0.15, 0.2) is 0 Å². The number of hydrogen-bond donors (Lipinski definition) is 2. The summed E-state index contributed by atoms with van der Waals surface area (Å²) in [6, 6.07) is 10.1. The quantitative estimate of drug-likeness (QED) is 0.481. The lowest BCUT2D eigenvalue weighted by molar-refractivity contribution is -0.383. The summed E-state index contributed by atoms with van der Waals surface area (Å²) in [5, 5.41) is 16.9. The average Bonchev–Trinajstić information content (AvgIpc) is 2.65. The smallest absolute Gasteiger partial charge is 0.334 e. The molecule has 7 nitrogen and oxygen atoms in total. The van der Waals surface area contributed by atoms with Crippen LogP contribution in [0.2, 0.25) is 0 Å². The third-order valence-corrected chi connectivity index (χ3v) is 3.81. The molecule has 2 N–H and O–H groups in total. The van der Waals surface area contributed by atoms with Crippen molar-refractivity contribution in [2.24, 2.45) is 0 Å². The number of anilines is 4. The molecule has 0 saturated carbocycles. The summed E-state index contributed by atoms with van der Waals surface area (Å²) in [4.78, 5) is 18.6. The number of aromatic nitrogens is 2. The third-order valence-electron chi connectivity index (χ3n) is 3.81. The number of hydrogen-bond acceptors (Lipinski definition) is 6. The molecule has 138 valence electrons. The van der Waals surface area contributed by atoms with E-state index < -0.39 is 22.2 Å². The lowest BCUT2D eigenvalue weighted by Gasteiger charge is -2.11. The lowest BCUT2D eigenvalue weighted by Crippen LogP contribution is -2.06. The highest BCUT2D eigenvalue weighted by Gasteiger charge is 2.24. The first-order valence-corrected chi connectivity index (χ1v) is 8.05. The normalized spacial score (nSPS) is 10.5. The second kappa shape index (κ2) is 7.73. The number of benzene rings is 2. The maximum atomic E-state index is 13.8. The van der Waals surface area contributed by atoms with E-state index in [0.29, 0.717) is 5.69 Å². The lowest BCUT2D eigenvalue weighted by atomic mass is 10.1. The van der Waals surface area contributed by atoms with Crippen LogP contribution in [-0.2, 0) is 6.42 Å². The Bertz CT molecular complexity index is 980. The van der Waals surface area contributed by atoms with Crippen LogP contribution >= 0.6 is 0 Å². The molecule has 1 heterocycles. The number of nitro groups is 1. The van der Waals surface area contributed by atoms with Gasteiger partial charge >= 0.3 is 5.69 Å². The molecule has 0 aliphatic carbocycles. The Balaban J connectivity index is 1.96. The van der Waals surface area contributed by atoms with E-state index in [1.807, 2.05) is 19.1 Å². The number of nitrogens with one attached hydrogen (secondary N) is 2. The summed E-state index contributed by atoms with van der Waals surface area (Å²) < 4.78 is 27.2. The minimum Gasteiger partial charge on any atom is -0.334 e. The van der Waals surface area contributed by atoms with Crippen molar-refractivity contribution in [3.8, 4) is 0 Å². The molecular formula is C18H15F2N5O2. The molecule has 9 heteroatoms. The van der Waals surface area contributed by atoms with Gasteiger partial charge < -0.3 is 10.6 Å². The van der Waals surface area contributed by atoms with Crippen molar-refractivity contribution in [1.29, 1.82) is 0 Å². The molecule has 3 rings (SSSR count). The van der Waals surface area contributed by atoms with Crippen molar-refractivity contribution in [3.63, 3.8) is 0 Å². The molecule has 0 saturated heterocycles. The Morgan fingerprint density at radius 2 is 1.70 bits per heavy atom. The maximum Gasteiger partial charge on any atom is 0.353 e. The molecule has 27 heavy (non-hydrogen) atoms. The van der Waals surface area contributed by atoms with E-state index in [1.54, 1.807) is 12.1 Å². The molecule has 0 unspecified atom stereocenters. The highest BCUT2D eigenvalue weighted by atomic mass is 19.1. The first kappa shape index (κ1) is 18.2. The van der Waals surface area contributed by atoms with Gasteiger partial charge in [0.05, 0.1) is 10.6 Å². The minimum absolute atomic E-state index is 0.0708. The van der Waals surface area contributed by atoms with E-state index in [4.69, 9.17) is 0 Å². The summed E-state index contributed by atoms with van der Waals surface area (Å²) in [5.41, 5.74) is 0.953. The van der Waals surface area contributed by atoms with E-state index in [1.165, 1.54) is 0 Å². The van der Waals surface area contributed by atoms with Crippen molar-refractivity contribution in [1.82, 2.24) is 9.97 Å². The zero-order valence-electron chi connectivity index (χ0n) is 14.2. The topological polar surface area (TPSA) is 93.0 Å². The van der Waals surface area contributed by atoms with Gasteiger partial charge in [0, 0.05) is 11.8 Å². The Morgan fingerprint density at radius 1 is 1.04 bits per heavy atom. The van der Waals surface area contributed by atoms with E-state index in [0.717, 1.165) is 36.5 Å². The maximum absolute atomic E-state index is 13.8. The standard InChI is InChI=1S/C18H15F2N5O2/c1-2-11-3-6-13(7-4-11)23-17-16(25(26)27)18(22-10-21-17)24-15-9-12(19)5-8-14(15)20/h3-10H,2H2,1H3,(H2,21,22,23,24). The van der Waals surface area contributed by atoms with Gasteiger partial charge in [-0.05, 0) is 36.2 Å². The molecule has 0 spiro atoms. The Kier molecular flexibility index (Phi) is 5.20. The van der Waals surface area contributed by atoms with Crippen LogP contribution in [0.3, 0.4) is 0 Å². The van der Waals surface area contributed by atoms with Gasteiger partial charge in [-0.25, -0.2) is 18.7 Å². The van der Waals surface area contributed by atoms with Crippen LogP contribution in [0.4, 0.5) is 37.5 Å². The zero-order valence-corrected chi connectivity index (χ0v) is 14.2. The van der Waals surface area contributed by atoms with Crippen LogP contribution < -0.4 is 10.6 Å². The second-order valence-corrected chi connectivity index (χ2v) is 5.60. The molecule has 0 atom stereocenters. The third kappa shape index (κ3) is 4.14.